The fraction of sp³-hybridized carbons (Fsp3) is 0.235. The van der Waals surface area contributed by atoms with Crippen molar-refractivity contribution in [1.82, 2.24) is 4.90 Å². The van der Waals surface area contributed by atoms with E-state index in [1.54, 1.807) is 0 Å². The van der Waals surface area contributed by atoms with Gasteiger partial charge in [0.1, 0.15) is 5.82 Å². The molecular formula is C17H16FNOS. The number of hydrogen-bond acceptors (Lipinski definition) is 2. The Labute approximate surface area is 129 Å². The summed E-state index contributed by atoms with van der Waals surface area (Å²) < 4.78 is 13.2. The SMILES string of the molecule is O=C(c1ccc(F)c(S)c1)N1CCC(c2ccccc2)C1. The quantitative estimate of drug-likeness (QED) is 0.838. The average Bonchev–Trinajstić information content (AvgIpc) is 3.00. The molecule has 21 heavy (non-hydrogen) atoms. The van der Waals surface area contributed by atoms with Gasteiger partial charge in [0.2, 0.25) is 0 Å². The molecule has 0 bridgehead atoms. The van der Waals surface area contributed by atoms with Crippen LogP contribution in [0.4, 0.5) is 4.39 Å². The molecule has 1 unspecified atom stereocenters. The van der Waals surface area contributed by atoms with Gasteiger partial charge in [-0.1, -0.05) is 30.3 Å². The minimum Gasteiger partial charge on any atom is -0.338 e. The van der Waals surface area contributed by atoms with Gasteiger partial charge in [-0.2, -0.15) is 0 Å². The second-order valence-electron chi connectivity index (χ2n) is 5.31. The third kappa shape index (κ3) is 2.95. The molecule has 2 nitrogen and oxygen atoms in total. The molecule has 1 heterocycles. The van der Waals surface area contributed by atoms with Gasteiger partial charge in [-0.15, -0.1) is 12.6 Å². The lowest BCUT2D eigenvalue weighted by molar-refractivity contribution is 0.0790. The van der Waals surface area contributed by atoms with Crippen molar-refractivity contribution in [2.45, 2.75) is 17.2 Å². The maximum Gasteiger partial charge on any atom is 0.253 e. The van der Waals surface area contributed by atoms with E-state index < -0.39 is 5.82 Å². The minimum atomic E-state index is -0.404. The van der Waals surface area contributed by atoms with Gasteiger partial charge in [-0.25, -0.2) is 4.39 Å². The number of benzene rings is 2. The molecule has 0 N–H and O–H groups in total. The lowest BCUT2D eigenvalue weighted by Gasteiger charge is -2.17. The lowest BCUT2D eigenvalue weighted by Crippen LogP contribution is -2.28. The van der Waals surface area contributed by atoms with Crippen LogP contribution in [0.25, 0.3) is 0 Å². The highest BCUT2D eigenvalue weighted by atomic mass is 32.1. The molecule has 1 amide bonds. The van der Waals surface area contributed by atoms with E-state index in [2.05, 4.69) is 24.8 Å². The summed E-state index contributed by atoms with van der Waals surface area (Å²) in [5.74, 6) is -0.0757. The van der Waals surface area contributed by atoms with Gasteiger partial charge in [-0.3, -0.25) is 4.79 Å². The summed E-state index contributed by atoms with van der Waals surface area (Å²) in [6, 6.07) is 14.5. The molecule has 1 saturated heterocycles. The van der Waals surface area contributed by atoms with Gasteiger partial charge in [-0.05, 0) is 30.2 Å². The van der Waals surface area contributed by atoms with Crippen molar-refractivity contribution in [2.75, 3.05) is 13.1 Å². The van der Waals surface area contributed by atoms with Crippen LogP contribution in [-0.4, -0.2) is 23.9 Å². The van der Waals surface area contributed by atoms with Gasteiger partial charge in [0.05, 0.1) is 0 Å². The standard InChI is InChI=1S/C17H16FNOS/c18-15-7-6-13(10-16(15)21)17(20)19-9-8-14(11-19)12-4-2-1-3-5-12/h1-7,10,14,21H,8-9,11H2. The monoisotopic (exact) mass is 301 g/mol. The first-order valence-corrected chi connectivity index (χ1v) is 7.42. The van der Waals surface area contributed by atoms with Gasteiger partial charge in [0, 0.05) is 29.5 Å². The summed E-state index contributed by atoms with van der Waals surface area (Å²) in [6.45, 7) is 1.44. The fourth-order valence-corrected chi connectivity index (χ4v) is 2.98. The van der Waals surface area contributed by atoms with Crippen LogP contribution in [0, 0.1) is 5.82 Å². The molecule has 0 radical (unpaired) electrons. The molecule has 0 saturated carbocycles. The Morgan fingerprint density at radius 1 is 1.19 bits per heavy atom. The highest BCUT2D eigenvalue weighted by molar-refractivity contribution is 7.80. The zero-order chi connectivity index (χ0) is 14.8. The van der Waals surface area contributed by atoms with E-state index in [0.717, 1.165) is 13.0 Å². The highest BCUT2D eigenvalue weighted by Gasteiger charge is 2.28. The molecule has 0 spiro atoms. The maximum absolute atomic E-state index is 13.2. The van der Waals surface area contributed by atoms with E-state index >= 15 is 0 Å². The summed E-state index contributed by atoms with van der Waals surface area (Å²) >= 11 is 4.03. The first-order chi connectivity index (χ1) is 10.1. The van der Waals surface area contributed by atoms with E-state index in [0.29, 0.717) is 18.0 Å². The van der Waals surface area contributed by atoms with Crippen LogP contribution >= 0.6 is 12.6 Å². The Morgan fingerprint density at radius 2 is 1.95 bits per heavy atom. The molecule has 1 atom stereocenters. The number of amides is 1. The normalized spacial score (nSPS) is 18.0. The van der Waals surface area contributed by atoms with Crippen LogP contribution in [0.2, 0.25) is 0 Å². The van der Waals surface area contributed by atoms with Crippen molar-refractivity contribution in [2.24, 2.45) is 0 Å². The van der Waals surface area contributed by atoms with Gasteiger partial charge >= 0.3 is 0 Å². The number of likely N-dealkylation sites (tertiary alicyclic amines) is 1. The molecule has 108 valence electrons. The third-order valence-electron chi connectivity index (χ3n) is 3.94. The Kier molecular flexibility index (Phi) is 3.97. The summed E-state index contributed by atoms with van der Waals surface area (Å²) in [7, 11) is 0. The summed E-state index contributed by atoms with van der Waals surface area (Å²) in [6.07, 6.45) is 0.963. The third-order valence-corrected chi connectivity index (χ3v) is 4.28. The smallest absolute Gasteiger partial charge is 0.253 e. The van der Waals surface area contributed by atoms with Gasteiger partial charge < -0.3 is 4.90 Å². The Bertz CT molecular complexity index is 659. The summed E-state index contributed by atoms with van der Waals surface area (Å²) in [4.78, 5) is 14.5. The number of carbonyl (C=O) groups excluding carboxylic acids is 1. The molecule has 4 heteroatoms. The first-order valence-electron chi connectivity index (χ1n) is 6.98. The second-order valence-corrected chi connectivity index (χ2v) is 5.80. The van der Waals surface area contributed by atoms with Crippen LogP contribution in [0.5, 0.6) is 0 Å². The lowest BCUT2D eigenvalue weighted by atomic mass is 9.99. The van der Waals surface area contributed by atoms with E-state index in [1.807, 2.05) is 23.1 Å². The molecule has 0 aromatic heterocycles. The molecule has 3 rings (SSSR count). The van der Waals surface area contributed by atoms with E-state index in [9.17, 15) is 9.18 Å². The second kappa shape index (κ2) is 5.90. The number of rotatable bonds is 2. The zero-order valence-electron chi connectivity index (χ0n) is 11.5. The first kappa shape index (κ1) is 14.1. The predicted octanol–water partition coefficient (Wildman–Crippen LogP) is 3.74. The Morgan fingerprint density at radius 3 is 2.67 bits per heavy atom. The van der Waals surface area contributed by atoms with Crippen molar-refractivity contribution < 1.29 is 9.18 Å². The fourth-order valence-electron chi connectivity index (χ4n) is 2.77. The van der Waals surface area contributed by atoms with Crippen LogP contribution in [0.3, 0.4) is 0 Å². The Hall–Kier alpha value is -1.81. The average molecular weight is 301 g/mol. The van der Waals surface area contributed by atoms with Crippen molar-refractivity contribution >= 4 is 18.5 Å². The molecule has 1 aliphatic rings. The largest absolute Gasteiger partial charge is 0.338 e. The number of carbonyl (C=O) groups is 1. The topological polar surface area (TPSA) is 20.3 Å². The number of thiol groups is 1. The van der Waals surface area contributed by atoms with E-state index in [4.69, 9.17) is 0 Å². The molecular weight excluding hydrogens is 285 g/mol. The highest BCUT2D eigenvalue weighted by Crippen LogP contribution is 2.28. The Balaban J connectivity index is 1.74. The van der Waals surface area contributed by atoms with Crippen LogP contribution in [-0.2, 0) is 0 Å². The summed E-state index contributed by atoms with van der Waals surface area (Å²) in [5.41, 5.74) is 1.76. The minimum absolute atomic E-state index is 0.0521. The number of halogens is 1. The van der Waals surface area contributed by atoms with Crippen LogP contribution < -0.4 is 0 Å². The van der Waals surface area contributed by atoms with Crippen molar-refractivity contribution in [3.63, 3.8) is 0 Å². The van der Waals surface area contributed by atoms with E-state index in [-0.39, 0.29) is 10.8 Å². The van der Waals surface area contributed by atoms with Gasteiger partial charge in [0.25, 0.3) is 5.91 Å². The molecule has 1 aliphatic heterocycles. The van der Waals surface area contributed by atoms with Crippen molar-refractivity contribution in [3.05, 3.63) is 65.5 Å². The number of hydrogen-bond donors (Lipinski definition) is 1. The predicted molar refractivity (Wildman–Crippen MR) is 83.4 cm³/mol. The molecule has 2 aromatic rings. The van der Waals surface area contributed by atoms with Crippen molar-refractivity contribution in [1.29, 1.82) is 0 Å². The summed E-state index contributed by atoms with van der Waals surface area (Å²) in [5, 5.41) is 0. The van der Waals surface area contributed by atoms with Gasteiger partial charge in [0.15, 0.2) is 0 Å². The maximum atomic E-state index is 13.2. The van der Waals surface area contributed by atoms with Crippen LogP contribution in [0.1, 0.15) is 28.3 Å². The molecule has 2 aromatic carbocycles. The molecule has 1 fully saturated rings. The zero-order valence-corrected chi connectivity index (χ0v) is 12.4. The number of nitrogens with zero attached hydrogens (tertiary/aromatic N) is 1. The van der Waals surface area contributed by atoms with Crippen LogP contribution in [0.15, 0.2) is 53.4 Å². The van der Waals surface area contributed by atoms with Crippen molar-refractivity contribution in [3.8, 4) is 0 Å². The van der Waals surface area contributed by atoms with E-state index in [1.165, 1.54) is 23.8 Å². The molecule has 0 aliphatic carbocycles.